The summed E-state index contributed by atoms with van der Waals surface area (Å²) in [6.45, 7) is 6.57. The van der Waals surface area contributed by atoms with Crippen LogP contribution in [0.25, 0.3) is 16.6 Å². The van der Waals surface area contributed by atoms with E-state index in [1.54, 1.807) is 10.9 Å². The van der Waals surface area contributed by atoms with E-state index in [2.05, 4.69) is 53.6 Å². The van der Waals surface area contributed by atoms with E-state index in [1.807, 2.05) is 41.2 Å². The van der Waals surface area contributed by atoms with Gasteiger partial charge >= 0.3 is 0 Å². The van der Waals surface area contributed by atoms with Crippen LogP contribution < -0.4 is 5.32 Å². The van der Waals surface area contributed by atoms with Crippen molar-refractivity contribution >= 4 is 16.8 Å². The van der Waals surface area contributed by atoms with Gasteiger partial charge in [0, 0.05) is 11.4 Å². The third-order valence-electron chi connectivity index (χ3n) is 4.95. The average molecular weight is 388 g/mol. The van der Waals surface area contributed by atoms with Gasteiger partial charge in [0.05, 0.1) is 35.7 Å². The Kier molecular flexibility index (Phi) is 5.12. The van der Waals surface area contributed by atoms with E-state index >= 15 is 0 Å². The Morgan fingerprint density at radius 2 is 1.93 bits per heavy atom. The van der Waals surface area contributed by atoms with Crippen molar-refractivity contribution in [3.05, 3.63) is 71.7 Å². The largest absolute Gasteiger partial charge is 0.346 e. The number of nitrogens with one attached hydrogen (secondary N) is 1. The number of nitrogens with zero attached hydrogens (tertiary/aromatic N) is 5. The number of hydrogen-bond donors (Lipinski definition) is 1. The topological polar surface area (TPSA) is 77.6 Å². The molecule has 2 aromatic heterocycles. The van der Waals surface area contributed by atoms with Crippen molar-refractivity contribution in [2.45, 2.75) is 39.8 Å². The summed E-state index contributed by atoms with van der Waals surface area (Å²) in [7, 11) is 0. The number of amides is 1. The van der Waals surface area contributed by atoms with Crippen LogP contribution in [0.4, 0.5) is 0 Å². The van der Waals surface area contributed by atoms with Gasteiger partial charge in [-0.15, -0.1) is 5.10 Å². The molecular weight excluding hydrogens is 364 g/mol. The molecular formula is C22H24N6O. The fourth-order valence-corrected chi connectivity index (χ4v) is 3.34. The zero-order valence-corrected chi connectivity index (χ0v) is 16.8. The second-order valence-electron chi connectivity index (χ2n) is 7.28. The highest BCUT2D eigenvalue weighted by molar-refractivity contribution is 6.06. The lowest BCUT2D eigenvalue weighted by Crippen LogP contribution is -2.23. The number of benzene rings is 2. The van der Waals surface area contributed by atoms with E-state index < -0.39 is 0 Å². The first kappa shape index (κ1) is 18.9. The van der Waals surface area contributed by atoms with Gasteiger partial charge in [-0.2, -0.15) is 5.10 Å². The lowest BCUT2D eigenvalue weighted by molar-refractivity contribution is 0.0952. The molecule has 1 N–H and O–H groups in total. The predicted molar refractivity (Wildman–Crippen MR) is 112 cm³/mol. The van der Waals surface area contributed by atoms with Crippen LogP contribution in [0.3, 0.4) is 0 Å². The molecule has 0 fully saturated rings. The zero-order chi connectivity index (χ0) is 20.4. The fourth-order valence-electron chi connectivity index (χ4n) is 3.34. The molecule has 4 aromatic rings. The van der Waals surface area contributed by atoms with Gasteiger partial charge in [0.1, 0.15) is 5.69 Å². The average Bonchev–Trinajstić information content (AvgIpc) is 3.39. The van der Waals surface area contributed by atoms with Crippen LogP contribution in [0.1, 0.15) is 48.4 Å². The molecule has 148 valence electrons. The van der Waals surface area contributed by atoms with E-state index in [9.17, 15) is 4.79 Å². The molecule has 0 aliphatic rings. The van der Waals surface area contributed by atoms with Crippen LogP contribution in [0.2, 0.25) is 0 Å². The molecule has 29 heavy (non-hydrogen) atoms. The highest BCUT2D eigenvalue weighted by Gasteiger charge is 2.14. The molecule has 0 saturated heterocycles. The van der Waals surface area contributed by atoms with Gasteiger partial charge in [0.25, 0.3) is 5.91 Å². The maximum absolute atomic E-state index is 12.8. The first-order valence-corrected chi connectivity index (χ1v) is 9.81. The summed E-state index contributed by atoms with van der Waals surface area (Å²) in [5.41, 5.74) is 4.48. The van der Waals surface area contributed by atoms with Crippen LogP contribution >= 0.6 is 0 Å². The van der Waals surface area contributed by atoms with Gasteiger partial charge in [0.2, 0.25) is 0 Å². The van der Waals surface area contributed by atoms with Crippen molar-refractivity contribution < 1.29 is 4.79 Å². The molecule has 0 saturated carbocycles. The number of carbonyl (C=O) groups is 1. The molecule has 0 aliphatic heterocycles. The first-order chi connectivity index (χ1) is 14.1. The third kappa shape index (κ3) is 3.76. The SMILES string of the molecule is CCc1ccc(-n2cc(CNC(=O)c3cccc4c3cnn4C(C)C)nn2)cc1. The second-order valence-corrected chi connectivity index (χ2v) is 7.28. The molecule has 4 rings (SSSR count). The summed E-state index contributed by atoms with van der Waals surface area (Å²) in [5, 5.41) is 16.5. The number of carbonyl (C=O) groups excluding carboxylic acids is 1. The molecule has 7 heteroatoms. The highest BCUT2D eigenvalue weighted by Crippen LogP contribution is 2.21. The minimum atomic E-state index is -0.152. The summed E-state index contributed by atoms with van der Waals surface area (Å²) in [4.78, 5) is 12.8. The summed E-state index contributed by atoms with van der Waals surface area (Å²) < 4.78 is 3.63. The number of aryl methyl sites for hydroxylation is 1. The molecule has 0 radical (unpaired) electrons. The van der Waals surface area contributed by atoms with Gasteiger partial charge < -0.3 is 5.32 Å². The minimum absolute atomic E-state index is 0.152. The maximum Gasteiger partial charge on any atom is 0.252 e. The van der Waals surface area contributed by atoms with E-state index in [-0.39, 0.29) is 11.9 Å². The molecule has 2 aromatic carbocycles. The molecule has 2 heterocycles. The van der Waals surface area contributed by atoms with E-state index in [4.69, 9.17) is 0 Å². The van der Waals surface area contributed by atoms with Gasteiger partial charge in [-0.25, -0.2) is 4.68 Å². The van der Waals surface area contributed by atoms with Crippen LogP contribution in [-0.4, -0.2) is 30.7 Å². The Hall–Kier alpha value is -3.48. The van der Waals surface area contributed by atoms with Crippen molar-refractivity contribution in [1.29, 1.82) is 0 Å². The second kappa shape index (κ2) is 7.87. The van der Waals surface area contributed by atoms with E-state index in [0.717, 1.165) is 23.0 Å². The molecule has 1 amide bonds. The quantitative estimate of drug-likeness (QED) is 0.546. The Balaban J connectivity index is 1.48. The van der Waals surface area contributed by atoms with Gasteiger partial charge in [-0.1, -0.05) is 30.3 Å². The van der Waals surface area contributed by atoms with Crippen LogP contribution in [0.15, 0.2) is 54.9 Å². The Morgan fingerprint density at radius 1 is 1.14 bits per heavy atom. The van der Waals surface area contributed by atoms with Crippen LogP contribution in [0.5, 0.6) is 0 Å². The van der Waals surface area contributed by atoms with Gasteiger partial charge in [-0.05, 0) is 50.1 Å². The fraction of sp³-hybridized carbons (Fsp3) is 0.273. The van der Waals surface area contributed by atoms with Gasteiger partial charge in [0.15, 0.2) is 0 Å². The molecule has 0 aliphatic carbocycles. The highest BCUT2D eigenvalue weighted by atomic mass is 16.1. The molecule has 0 spiro atoms. The van der Waals surface area contributed by atoms with E-state index in [1.165, 1.54) is 5.56 Å². The van der Waals surface area contributed by atoms with Crippen LogP contribution in [0, 0.1) is 0 Å². The monoisotopic (exact) mass is 388 g/mol. The van der Waals surface area contributed by atoms with Crippen molar-refractivity contribution in [2.24, 2.45) is 0 Å². The summed E-state index contributed by atoms with van der Waals surface area (Å²) in [6, 6.07) is 14.1. The summed E-state index contributed by atoms with van der Waals surface area (Å²) >= 11 is 0. The number of hydrogen-bond acceptors (Lipinski definition) is 4. The van der Waals surface area contributed by atoms with E-state index in [0.29, 0.717) is 17.8 Å². The lowest BCUT2D eigenvalue weighted by atomic mass is 10.1. The van der Waals surface area contributed by atoms with Crippen molar-refractivity contribution in [3.8, 4) is 5.69 Å². The van der Waals surface area contributed by atoms with Crippen LogP contribution in [-0.2, 0) is 13.0 Å². The first-order valence-electron chi connectivity index (χ1n) is 9.81. The van der Waals surface area contributed by atoms with Crippen molar-refractivity contribution in [3.63, 3.8) is 0 Å². The van der Waals surface area contributed by atoms with Crippen molar-refractivity contribution in [1.82, 2.24) is 30.1 Å². The van der Waals surface area contributed by atoms with Crippen molar-refractivity contribution in [2.75, 3.05) is 0 Å². The lowest BCUT2D eigenvalue weighted by Gasteiger charge is -2.08. The number of rotatable bonds is 6. The summed E-state index contributed by atoms with van der Waals surface area (Å²) in [6.07, 6.45) is 4.58. The third-order valence-corrected chi connectivity index (χ3v) is 4.95. The Labute approximate surface area is 169 Å². The zero-order valence-electron chi connectivity index (χ0n) is 16.8. The van der Waals surface area contributed by atoms with Gasteiger partial charge in [-0.3, -0.25) is 9.48 Å². The normalized spacial score (nSPS) is 11.3. The summed E-state index contributed by atoms with van der Waals surface area (Å²) in [5.74, 6) is -0.152. The molecule has 7 nitrogen and oxygen atoms in total. The smallest absolute Gasteiger partial charge is 0.252 e. The molecule has 0 unspecified atom stereocenters. The standard InChI is InChI=1S/C22H24N6O/c1-4-16-8-10-18(11-9-16)27-14-17(25-26-27)12-23-22(29)19-6-5-7-21-20(19)13-24-28(21)15(2)3/h5-11,13-15H,4,12H2,1-3H3,(H,23,29). The molecule has 0 bridgehead atoms. The number of aromatic nitrogens is 5. The Bertz CT molecular complexity index is 1140. The Morgan fingerprint density at radius 3 is 2.66 bits per heavy atom. The molecule has 0 atom stereocenters. The number of fused-ring (bicyclic) bond motifs is 1. The predicted octanol–water partition coefficient (Wildman–Crippen LogP) is 3.69. The maximum atomic E-state index is 12.8. The minimum Gasteiger partial charge on any atom is -0.346 e.